The van der Waals surface area contributed by atoms with Crippen molar-refractivity contribution in [3.63, 3.8) is 0 Å². The Kier molecular flexibility index (Phi) is 6.50. The standard InChI is InChI=1S/C23H24F2N6O3S/c1-22(2,3)34-21(33)31(12-23(7-14(24)8-23)17-15(25)5-4-6-27-17)20-29-9-13(10-30-20)19-28-11-16(35-19)18(26)32/h4-6,9-11,14H,7-8,12H2,1-3H3,(H2,26,32). The van der Waals surface area contributed by atoms with Crippen LogP contribution in [0.3, 0.4) is 0 Å². The first-order valence-corrected chi connectivity index (χ1v) is 11.6. The van der Waals surface area contributed by atoms with E-state index in [2.05, 4.69) is 19.9 Å². The fraction of sp³-hybridized carbons (Fsp3) is 0.391. The predicted octanol–water partition coefficient (Wildman–Crippen LogP) is 4.04. The number of alkyl halides is 1. The quantitative estimate of drug-likeness (QED) is 0.539. The number of nitrogens with zero attached hydrogens (tertiary/aromatic N) is 5. The van der Waals surface area contributed by atoms with Crippen molar-refractivity contribution in [3.8, 4) is 10.6 Å². The van der Waals surface area contributed by atoms with Crippen LogP contribution in [0.25, 0.3) is 10.6 Å². The number of aromatic nitrogens is 4. The van der Waals surface area contributed by atoms with Gasteiger partial charge in [-0.3, -0.25) is 9.78 Å². The number of hydrogen-bond donors (Lipinski definition) is 1. The number of amides is 2. The van der Waals surface area contributed by atoms with Gasteiger partial charge in [-0.25, -0.2) is 33.4 Å². The zero-order valence-electron chi connectivity index (χ0n) is 19.4. The molecule has 0 bridgehead atoms. The Hall–Kier alpha value is -3.54. The van der Waals surface area contributed by atoms with Gasteiger partial charge in [-0.2, -0.15) is 0 Å². The van der Waals surface area contributed by atoms with E-state index in [4.69, 9.17) is 10.5 Å². The number of nitrogens with two attached hydrogens (primary N) is 1. The summed E-state index contributed by atoms with van der Waals surface area (Å²) in [6, 6.07) is 2.71. The van der Waals surface area contributed by atoms with E-state index in [1.807, 2.05) is 0 Å². The lowest BCUT2D eigenvalue weighted by Gasteiger charge is -2.45. The summed E-state index contributed by atoms with van der Waals surface area (Å²) in [5, 5.41) is 0.473. The maximum Gasteiger partial charge on any atom is 0.417 e. The highest BCUT2D eigenvalue weighted by molar-refractivity contribution is 7.16. The molecule has 3 heterocycles. The first kappa shape index (κ1) is 24.6. The predicted molar refractivity (Wildman–Crippen MR) is 125 cm³/mol. The van der Waals surface area contributed by atoms with Gasteiger partial charge in [0.25, 0.3) is 5.91 Å². The number of pyridine rings is 1. The topological polar surface area (TPSA) is 124 Å². The molecule has 3 aromatic rings. The van der Waals surface area contributed by atoms with Crippen molar-refractivity contribution in [3.05, 3.63) is 53.3 Å². The highest BCUT2D eigenvalue weighted by Crippen LogP contribution is 2.46. The highest BCUT2D eigenvalue weighted by Gasteiger charge is 2.51. The normalized spacial score (nSPS) is 19.6. The van der Waals surface area contributed by atoms with Crippen molar-refractivity contribution in [1.82, 2.24) is 19.9 Å². The minimum Gasteiger partial charge on any atom is -0.443 e. The summed E-state index contributed by atoms with van der Waals surface area (Å²) < 4.78 is 34.3. The Labute approximate surface area is 204 Å². The third-order valence-electron chi connectivity index (χ3n) is 5.44. The van der Waals surface area contributed by atoms with Crippen LogP contribution in [0.4, 0.5) is 19.5 Å². The van der Waals surface area contributed by atoms with E-state index in [1.165, 1.54) is 41.8 Å². The summed E-state index contributed by atoms with van der Waals surface area (Å²) in [4.78, 5) is 42.9. The molecule has 184 valence electrons. The lowest BCUT2D eigenvalue weighted by molar-refractivity contribution is 0.0505. The number of halogens is 2. The van der Waals surface area contributed by atoms with Crippen molar-refractivity contribution in [1.29, 1.82) is 0 Å². The van der Waals surface area contributed by atoms with Crippen LogP contribution >= 0.6 is 11.3 Å². The average molecular weight is 503 g/mol. The third-order valence-corrected chi connectivity index (χ3v) is 6.50. The van der Waals surface area contributed by atoms with Crippen LogP contribution in [0, 0.1) is 5.82 Å². The zero-order chi connectivity index (χ0) is 25.4. The molecule has 2 N–H and O–H groups in total. The molecule has 0 aliphatic heterocycles. The van der Waals surface area contributed by atoms with E-state index in [0.717, 1.165) is 11.3 Å². The van der Waals surface area contributed by atoms with Crippen molar-refractivity contribution >= 4 is 29.3 Å². The molecule has 0 unspecified atom stereocenters. The number of carbonyl (C=O) groups excluding carboxylic acids is 2. The van der Waals surface area contributed by atoms with Gasteiger partial charge in [0.2, 0.25) is 5.95 Å². The van der Waals surface area contributed by atoms with Crippen LogP contribution in [0.2, 0.25) is 0 Å². The molecular formula is C23H24F2N6O3S. The van der Waals surface area contributed by atoms with E-state index >= 15 is 0 Å². The Morgan fingerprint density at radius 3 is 2.43 bits per heavy atom. The fourth-order valence-corrected chi connectivity index (χ4v) is 4.63. The molecule has 9 nitrogen and oxygen atoms in total. The molecule has 0 aromatic carbocycles. The summed E-state index contributed by atoms with van der Waals surface area (Å²) in [5.74, 6) is -1.18. The Balaban J connectivity index is 1.68. The molecule has 4 rings (SSSR count). The average Bonchev–Trinajstić information content (AvgIpc) is 3.26. The van der Waals surface area contributed by atoms with Crippen LogP contribution in [-0.2, 0) is 10.2 Å². The molecule has 12 heteroatoms. The Morgan fingerprint density at radius 1 is 1.20 bits per heavy atom. The summed E-state index contributed by atoms with van der Waals surface area (Å²) in [6.07, 6.45) is 3.76. The number of carbonyl (C=O) groups is 2. The molecule has 1 aliphatic carbocycles. The minimum atomic E-state index is -1.15. The van der Waals surface area contributed by atoms with Crippen molar-refractivity contribution < 1.29 is 23.1 Å². The molecule has 35 heavy (non-hydrogen) atoms. The number of primary amides is 1. The van der Waals surface area contributed by atoms with Crippen LogP contribution in [0.15, 0.2) is 36.9 Å². The van der Waals surface area contributed by atoms with Gasteiger partial charge in [0, 0.05) is 36.1 Å². The third kappa shape index (κ3) is 5.26. The molecule has 2 amide bonds. The second-order valence-corrected chi connectivity index (χ2v) is 10.4. The smallest absolute Gasteiger partial charge is 0.417 e. The molecular weight excluding hydrogens is 478 g/mol. The first-order valence-electron chi connectivity index (χ1n) is 10.8. The number of ether oxygens (including phenoxy) is 1. The maximum atomic E-state index is 14.7. The summed E-state index contributed by atoms with van der Waals surface area (Å²) >= 11 is 1.08. The summed E-state index contributed by atoms with van der Waals surface area (Å²) in [5.41, 5.74) is 3.99. The highest BCUT2D eigenvalue weighted by atomic mass is 32.1. The Bertz CT molecular complexity index is 1240. The lowest BCUT2D eigenvalue weighted by Crippen LogP contribution is -2.54. The second-order valence-electron chi connectivity index (χ2n) is 9.35. The fourth-order valence-electron chi connectivity index (χ4n) is 3.89. The van der Waals surface area contributed by atoms with Crippen molar-refractivity contribution in [2.45, 2.75) is 50.8 Å². The number of thiazole rings is 1. The molecule has 1 aliphatic rings. The van der Waals surface area contributed by atoms with E-state index in [-0.39, 0.29) is 35.9 Å². The number of rotatable bonds is 6. The Morgan fingerprint density at radius 2 is 1.89 bits per heavy atom. The van der Waals surface area contributed by atoms with Gasteiger partial charge >= 0.3 is 6.09 Å². The van der Waals surface area contributed by atoms with Crippen molar-refractivity contribution in [2.24, 2.45) is 5.73 Å². The van der Waals surface area contributed by atoms with Crippen LogP contribution in [-0.4, -0.2) is 50.3 Å². The van der Waals surface area contributed by atoms with E-state index in [0.29, 0.717) is 10.6 Å². The second kappa shape index (κ2) is 9.25. The van der Waals surface area contributed by atoms with Gasteiger partial charge in [-0.05, 0) is 45.7 Å². The number of hydrogen-bond acceptors (Lipinski definition) is 8. The van der Waals surface area contributed by atoms with Crippen LogP contribution in [0.5, 0.6) is 0 Å². The number of anilines is 1. The van der Waals surface area contributed by atoms with Gasteiger partial charge in [-0.1, -0.05) is 0 Å². The molecule has 0 atom stereocenters. The molecule has 1 saturated carbocycles. The molecule has 0 saturated heterocycles. The zero-order valence-corrected chi connectivity index (χ0v) is 20.2. The van der Waals surface area contributed by atoms with Crippen LogP contribution in [0.1, 0.15) is 49.0 Å². The minimum absolute atomic E-state index is 0.00662. The molecule has 0 radical (unpaired) electrons. The van der Waals surface area contributed by atoms with E-state index < -0.39 is 35.0 Å². The largest absolute Gasteiger partial charge is 0.443 e. The lowest BCUT2D eigenvalue weighted by atomic mass is 9.64. The van der Waals surface area contributed by atoms with Gasteiger partial charge in [0.15, 0.2) is 0 Å². The summed E-state index contributed by atoms with van der Waals surface area (Å²) in [6.45, 7) is 5.00. The van der Waals surface area contributed by atoms with Gasteiger partial charge in [0.1, 0.15) is 27.5 Å². The van der Waals surface area contributed by atoms with Gasteiger partial charge < -0.3 is 10.5 Å². The van der Waals surface area contributed by atoms with Gasteiger partial charge in [-0.15, -0.1) is 11.3 Å². The molecule has 1 fully saturated rings. The van der Waals surface area contributed by atoms with E-state index in [1.54, 1.807) is 20.8 Å². The first-order chi connectivity index (χ1) is 16.5. The maximum absolute atomic E-state index is 14.7. The van der Waals surface area contributed by atoms with E-state index in [9.17, 15) is 18.4 Å². The summed E-state index contributed by atoms with van der Waals surface area (Å²) in [7, 11) is 0. The molecule has 0 spiro atoms. The monoisotopic (exact) mass is 502 g/mol. The van der Waals surface area contributed by atoms with Gasteiger partial charge in [0.05, 0.1) is 11.9 Å². The van der Waals surface area contributed by atoms with Crippen molar-refractivity contribution in [2.75, 3.05) is 11.4 Å². The SMILES string of the molecule is CC(C)(C)OC(=O)N(CC1(c2ncccc2F)CC(F)C1)c1ncc(-c2ncc(C(N)=O)s2)cn1. The van der Waals surface area contributed by atoms with Crippen LogP contribution < -0.4 is 10.6 Å². The molecule has 3 aromatic heterocycles.